The SMILES string of the molecule is CC[C@H](O)c1ccc(SC2CCCC(C)C2)cn1. The predicted molar refractivity (Wildman–Crippen MR) is 76.8 cm³/mol. The Balaban J connectivity index is 1.93. The second-order valence-electron chi connectivity index (χ2n) is 5.35. The Bertz CT molecular complexity index is 365. The first-order valence-electron chi connectivity index (χ1n) is 6.99. The summed E-state index contributed by atoms with van der Waals surface area (Å²) < 4.78 is 0. The highest BCUT2D eigenvalue weighted by Gasteiger charge is 2.19. The molecule has 1 aliphatic carbocycles. The first-order chi connectivity index (χ1) is 8.69. The van der Waals surface area contributed by atoms with E-state index >= 15 is 0 Å². The van der Waals surface area contributed by atoms with E-state index in [-0.39, 0.29) is 0 Å². The minimum atomic E-state index is -0.418. The van der Waals surface area contributed by atoms with Crippen LogP contribution in [-0.4, -0.2) is 15.3 Å². The molecule has 0 bridgehead atoms. The van der Waals surface area contributed by atoms with Crippen molar-refractivity contribution in [3.8, 4) is 0 Å². The molecule has 0 aromatic carbocycles. The van der Waals surface area contributed by atoms with Gasteiger partial charge in [-0.2, -0.15) is 0 Å². The Kier molecular flexibility index (Phi) is 5.07. The average Bonchev–Trinajstić information content (AvgIpc) is 2.39. The van der Waals surface area contributed by atoms with Crippen LogP contribution in [0, 0.1) is 5.92 Å². The number of aliphatic hydroxyl groups is 1. The number of aromatic nitrogens is 1. The molecular weight excluding hydrogens is 242 g/mol. The molecule has 3 atom stereocenters. The van der Waals surface area contributed by atoms with E-state index in [0.717, 1.165) is 23.3 Å². The summed E-state index contributed by atoms with van der Waals surface area (Å²) in [4.78, 5) is 5.60. The number of aliphatic hydroxyl groups excluding tert-OH is 1. The van der Waals surface area contributed by atoms with Crippen LogP contribution in [-0.2, 0) is 0 Å². The van der Waals surface area contributed by atoms with Crippen LogP contribution in [0.25, 0.3) is 0 Å². The van der Waals surface area contributed by atoms with Crippen molar-refractivity contribution in [2.75, 3.05) is 0 Å². The quantitative estimate of drug-likeness (QED) is 0.886. The van der Waals surface area contributed by atoms with Crippen molar-refractivity contribution in [1.29, 1.82) is 0 Å². The molecular formula is C15H23NOS. The van der Waals surface area contributed by atoms with E-state index in [0.29, 0.717) is 0 Å². The third kappa shape index (κ3) is 3.72. The summed E-state index contributed by atoms with van der Waals surface area (Å²) >= 11 is 1.95. The van der Waals surface area contributed by atoms with Gasteiger partial charge in [-0.15, -0.1) is 11.8 Å². The lowest BCUT2D eigenvalue weighted by atomic mass is 9.91. The Morgan fingerprint density at radius 2 is 2.28 bits per heavy atom. The molecule has 1 saturated carbocycles. The van der Waals surface area contributed by atoms with Gasteiger partial charge < -0.3 is 5.11 Å². The smallest absolute Gasteiger partial charge is 0.0957 e. The summed E-state index contributed by atoms with van der Waals surface area (Å²) in [7, 11) is 0. The van der Waals surface area contributed by atoms with Gasteiger partial charge in [0.1, 0.15) is 0 Å². The summed E-state index contributed by atoms with van der Waals surface area (Å²) in [5.74, 6) is 0.866. The molecule has 1 N–H and O–H groups in total. The number of hydrogen-bond acceptors (Lipinski definition) is 3. The fourth-order valence-corrected chi connectivity index (χ4v) is 3.90. The minimum absolute atomic E-state index is 0.418. The molecule has 0 aliphatic heterocycles. The van der Waals surface area contributed by atoms with Gasteiger partial charge in [0.15, 0.2) is 0 Å². The van der Waals surface area contributed by atoms with Gasteiger partial charge in [0.05, 0.1) is 11.8 Å². The maximum atomic E-state index is 9.71. The van der Waals surface area contributed by atoms with Crippen molar-refractivity contribution in [2.45, 2.75) is 62.2 Å². The normalized spacial score (nSPS) is 25.9. The van der Waals surface area contributed by atoms with Gasteiger partial charge in [-0.3, -0.25) is 4.98 Å². The number of pyridine rings is 1. The van der Waals surface area contributed by atoms with Gasteiger partial charge in [0.2, 0.25) is 0 Å². The van der Waals surface area contributed by atoms with Crippen LogP contribution < -0.4 is 0 Å². The van der Waals surface area contributed by atoms with Gasteiger partial charge in [0, 0.05) is 16.3 Å². The lowest BCUT2D eigenvalue weighted by Crippen LogP contribution is -2.14. The number of hydrogen-bond donors (Lipinski definition) is 1. The van der Waals surface area contributed by atoms with Crippen molar-refractivity contribution in [3.05, 3.63) is 24.0 Å². The molecule has 0 radical (unpaired) electrons. The summed E-state index contributed by atoms with van der Waals surface area (Å²) in [6, 6.07) is 4.06. The maximum absolute atomic E-state index is 9.71. The molecule has 3 heteroatoms. The van der Waals surface area contributed by atoms with Gasteiger partial charge in [-0.1, -0.05) is 26.7 Å². The molecule has 18 heavy (non-hydrogen) atoms. The van der Waals surface area contributed by atoms with E-state index < -0.39 is 6.10 Å². The highest BCUT2D eigenvalue weighted by Crippen LogP contribution is 2.35. The average molecular weight is 265 g/mol. The molecule has 0 spiro atoms. The van der Waals surface area contributed by atoms with Crippen LogP contribution in [0.4, 0.5) is 0 Å². The highest BCUT2D eigenvalue weighted by molar-refractivity contribution is 8.00. The molecule has 1 fully saturated rings. The van der Waals surface area contributed by atoms with E-state index in [4.69, 9.17) is 0 Å². The minimum Gasteiger partial charge on any atom is -0.387 e. The van der Waals surface area contributed by atoms with E-state index in [1.807, 2.05) is 30.9 Å². The molecule has 0 saturated heterocycles. The zero-order chi connectivity index (χ0) is 13.0. The van der Waals surface area contributed by atoms with Crippen LogP contribution in [0.2, 0.25) is 0 Å². The Labute approximate surface area is 114 Å². The van der Waals surface area contributed by atoms with Gasteiger partial charge in [-0.05, 0) is 37.3 Å². The van der Waals surface area contributed by atoms with Crippen LogP contribution in [0.5, 0.6) is 0 Å². The van der Waals surface area contributed by atoms with Crippen molar-refractivity contribution < 1.29 is 5.11 Å². The monoisotopic (exact) mass is 265 g/mol. The second-order valence-corrected chi connectivity index (χ2v) is 6.73. The number of thioether (sulfide) groups is 1. The number of nitrogens with zero attached hydrogens (tertiary/aromatic N) is 1. The molecule has 2 rings (SSSR count). The maximum Gasteiger partial charge on any atom is 0.0957 e. The Morgan fingerprint density at radius 1 is 1.44 bits per heavy atom. The predicted octanol–water partition coefficient (Wildman–Crippen LogP) is 4.20. The summed E-state index contributed by atoms with van der Waals surface area (Å²) in [6.45, 7) is 4.32. The van der Waals surface area contributed by atoms with Crippen LogP contribution in [0.3, 0.4) is 0 Å². The lowest BCUT2D eigenvalue weighted by Gasteiger charge is -2.26. The molecule has 1 aliphatic rings. The Hall–Kier alpha value is -0.540. The summed E-state index contributed by atoms with van der Waals surface area (Å²) in [6.07, 6.45) is 7.62. The molecule has 2 nitrogen and oxygen atoms in total. The summed E-state index contributed by atoms with van der Waals surface area (Å²) in [5, 5.41) is 10.5. The molecule has 1 heterocycles. The third-order valence-electron chi connectivity index (χ3n) is 3.68. The van der Waals surface area contributed by atoms with E-state index in [9.17, 15) is 5.11 Å². The van der Waals surface area contributed by atoms with Crippen LogP contribution in [0.1, 0.15) is 57.7 Å². The van der Waals surface area contributed by atoms with Crippen LogP contribution in [0.15, 0.2) is 23.2 Å². The topological polar surface area (TPSA) is 33.1 Å². The first-order valence-corrected chi connectivity index (χ1v) is 7.87. The Morgan fingerprint density at radius 3 is 2.89 bits per heavy atom. The van der Waals surface area contributed by atoms with Crippen molar-refractivity contribution in [2.24, 2.45) is 5.92 Å². The summed E-state index contributed by atoms with van der Waals surface area (Å²) in [5.41, 5.74) is 0.791. The molecule has 1 aromatic heterocycles. The zero-order valence-electron chi connectivity index (χ0n) is 11.3. The van der Waals surface area contributed by atoms with Gasteiger partial charge >= 0.3 is 0 Å². The van der Waals surface area contributed by atoms with Gasteiger partial charge in [-0.25, -0.2) is 0 Å². The van der Waals surface area contributed by atoms with Crippen molar-refractivity contribution in [3.63, 3.8) is 0 Å². The van der Waals surface area contributed by atoms with E-state index in [1.165, 1.54) is 30.6 Å². The van der Waals surface area contributed by atoms with Crippen molar-refractivity contribution >= 4 is 11.8 Å². The fraction of sp³-hybridized carbons (Fsp3) is 0.667. The third-order valence-corrected chi connectivity index (χ3v) is 4.95. The molecule has 2 unspecified atom stereocenters. The van der Waals surface area contributed by atoms with Crippen LogP contribution >= 0.6 is 11.8 Å². The fourth-order valence-electron chi connectivity index (χ4n) is 2.55. The van der Waals surface area contributed by atoms with E-state index in [2.05, 4.69) is 18.0 Å². The first kappa shape index (κ1) is 13.9. The molecule has 0 amide bonds. The van der Waals surface area contributed by atoms with Crippen molar-refractivity contribution in [1.82, 2.24) is 4.98 Å². The molecule has 100 valence electrons. The largest absolute Gasteiger partial charge is 0.387 e. The second kappa shape index (κ2) is 6.58. The molecule has 1 aromatic rings. The lowest BCUT2D eigenvalue weighted by molar-refractivity contribution is 0.169. The van der Waals surface area contributed by atoms with E-state index in [1.54, 1.807) is 0 Å². The highest BCUT2D eigenvalue weighted by atomic mass is 32.2. The standard InChI is InChI=1S/C15H23NOS/c1-3-15(17)14-8-7-13(10-16-14)18-12-6-4-5-11(2)9-12/h7-8,10-12,15,17H,3-6,9H2,1-2H3/t11?,12?,15-/m0/s1. The zero-order valence-corrected chi connectivity index (χ0v) is 12.1. The van der Waals surface area contributed by atoms with Gasteiger partial charge in [0.25, 0.3) is 0 Å². The number of rotatable bonds is 4.